The molecule has 1 aliphatic carbocycles. The summed E-state index contributed by atoms with van der Waals surface area (Å²) in [6.07, 6.45) is 5.20. The summed E-state index contributed by atoms with van der Waals surface area (Å²) in [4.78, 5) is 50.8. The van der Waals surface area contributed by atoms with Crippen LogP contribution < -0.4 is 5.32 Å². The van der Waals surface area contributed by atoms with E-state index in [-0.39, 0.29) is 23.8 Å². The largest absolute Gasteiger partial charge is 0.349 e. The minimum absolute atomic E-state index is 0.104. The number of piperazine rings is 1. The van der Waals surface area contributed by atoms with Crippen molar-refractivity contribution in [2.75, 3.05) is 26.4 Å². The number of nitrogens with zero attached hydrogens (tertiary/aromatic N) is 3. The number of benzene rings is 1. The van der Waals surface area contributed by atoms with E-state index in [0.29, 0.717) is 32.2 Å². The molecule has 5 aliphatic rings. The first-order valence-corrected chi connectivity index (χ1v) is 19.0. The monoisotopic (exact) mass is 749 g/mol. The number of aromatic amines is 1. The second kappa shape index (κ2) is 12.2. The molecule has 48 heavy (non-hydrogen) atoms. The maximum atomic E-state index is 14.4. The molecule has 7 rings (SSSR count). The van der Waals surface area contributed by atoms with Crippen molar-refractivity contribution in [2.45, 2.75) is 83.1 Å². The number of ether oxygens (including phenoxy) is 1. The van der Waals surface area contributed by atoms with Crippen LogP contribution in [0.3, 0.4) is 0 Å². The summed E-state index contributed by atoms with van der Waals surface area (Å²) in [7, 11) is -1.64. The molecule has 0 saturated carbocycles. The molecule has 1 aromatic heterocycles. The van der Waals surface area contributed by atoms with Crippen molar-refractivity contribution >= 4 is 60.2 Å². The second-order valence-electron chi connectivity index (χ2n) is 14.4. The lowest BCUT2D eigenvalue weighted by Gasteiger charge is -2.49. The Kier molecular flexibility index (Phi) is 8.90. The van der Waals surface area contributed by atoms with Crippen LogP contribution in [0.4, 0.5) is 0 Å². The number of carbonyl (C=O) groups excluding carboxylic acids is 3. The first-order chi connectivity index (χ1) is 22.4. The minimum Gasteiger partial charge on any atom is -0.349 e. The van der Waals surface area contributed by atoms with Crippen LogP contribution in [-0.2, 0) is 35.7 Å². The number of aliphatic hydroxyl groups is 1. The van der Waals surface area contributed by atoms with Gasteiger partial charge in [-0.3, -0.25) is 33.5 Å². The fourth-order valence-electron chi connectivity index (χ4n) is 8.15. The van der Waals surface area contributed by atoms with Gasteiger partial charge in [-0.2, -0.15) is 8.42 Å². The highest BCUT2D eigenvalue weighted by Gasteiger charge is 2.72. The van der Waals surface area contributed by atoms with Gasteiger partial charge in [0.05, 0.1) is 16.8 Å². The number of carbonyl (C=O) groups is 3. The molecule has 6 atom stereocenters. The highest BCUT2D eigenvalue weighted by molar-refractivity contribution is 9.10. The highest BCUT2D eigenvalue weighted by Crippen LogP contribution is 2.49. The Hall–Kier alpha value is -2.82. The predicted molar refractivity (Wildman–Crippen MR) is 182 cm³/mol. The third-order valence-electron chi connectivity index (χ3n) is 10.3. The zero-order valence-electron chi connectivity index (χ0n) is 28.0. The molecule has 1 aromatic carbocycles. The van der Waals surface area contributed by atoms with Crippen molar-refractivity contribution in [2.24, 2.45) is 17.8 Å². The zero-order valence-corrected chi connectivity index (χ0v) is 30.4. The number of fused-ring (bicyclic) bond motifs is 5. The van der Waals surface area contributed by atoms with Crippen molar-refractivity contribution in [1.82, 2.24) is 25.0 Å². The topological polar surface area (TPSA) is 173 Å². The van der Waals surface area contributed by atoms with E-state index in [2.05, 4.69) is 43.3 Å². The van der Waals surface area contributed by atoms with Gasteiger partial charge >= 0.3 is 0 Å². The van der Waals surface area contributed by atoms with Crippen molar-refractivity contribution in [1.29, 1.82) is 0 Å². The molecule has 0 radical (unpaired) electrons. The summed E-state index contributed by atoms with van der Waals surface area (Å²) in [6, 6.07) is 4.76. The molecule has 3 fully saturated rings. The van der Waals surface area contributed by atoms with E-state index < -0.39 is 51.6 Å². The molecule has 4 N–H and O–H groups in total. The molecule has 3 amide bonds. The van der Waals surface area contributed by atoms with Crippen LogP contribution >= 0.6 is 15.9 Å². The number of H-pyrrole nitrogens is 1. The smallest absolute Gasteiger partial charge is 0.281 e. The number of amides is 3. The lowest BCUT2D eigenvalue weighted by Crippen LogP contribution is -2.71. The van der Waals surface area contributed by atoms with Gasteiger partial charge in [0.25, 0.3) is 21.9 Å². The molecule has 262 valence electrons. The van der Waals surface area contributed by atoms with Crippen molar-refractivity contribution in [3.63, 3.8) is 0 Å². The molecular formula is C33H44BrN5O8S. The SMILES string of the molecule is CC(C)C[C@H]1C(=O)N2CCC[C@H]2[C@]2(O)OC(NC(=O)C3C=C4c5cccc6[nH]c(Br)c(c56)C[C@H]4N(C)C3)(C(C)C)C(=O)N12.CS(=O)(=O)O. The van der Waals surface area contributed by atoms with Gasteiger partial charge in [0.1, 0.15) is 12.1 Å². The molecule has 13 nitrogen and oxygen atoms in total. The average molecular weight is 751 g/mol. The molecular weight excluding hydrogens is 706 g/mol. The van der Waals surface area contributed by atoms with E-state index in [0.717, 1.165) is 34.1 Å². The lowest BCUT2D eigenvalue weighted by molar-refractivity contribution is -0.322. The van der Waals surface area contributed by atoms with E-state index in [4.69, 9.17) is 9.29 Å². The quantitative estimate of drug-likeness (QED) is 0.336. The van der Waals surface area contributed by atoms with Crippen LogP contribution in [0.25, 0.3) is 16.5 Å². The zero-order chi connectivity index (χ0) is 35.1. The van der Waals surface area contributed by atoms with Gasteiger partial charge in [-0.1, -0.05) is 45.9 Å². The van der Waals surface area contributed by atoms with Crippen LogP contribution in [0.5, 0.6) is 0 Å². The van der Waals surface area contributed by atoms with Gasteiger partial charge in [0.15, 0.2) is 0 Å². The molecule has 2 aromatic rings. The first kappa shape index (κ1) is 35.0. The summed E-state index contributed by atoms with van der Waals surface area (Å²) in [6.45, 7) is 8.57. The number of halogens is 1. The number of rotatable bonds is 5. The minimum atomic E-state index is -3.67. The Morgan fingerprint density at radius 3 is 2.56 bits per heavy atom. The molecule has 15 heteroatoms. The Morgan fingerprint density at radius 1 is 1.23 bits per heavy atom. The van der Waals surface area contributed by atoms with E-state index in [1.54, 1.807) is 18.7 Å². The second-order valence-corrected chi connectivity index (χ2v) is 16.7. The lowest BCUT2D eigenvalue weighted by atomic mass is 9.79. The van der Waals surface area contributed by atoms with Crippen LogP contribution in [0.2, 0.25) is 0 Å². The van der Waals surface area contributed by atoms with Gasteiger partial charge in [-0.15, -0.1) is 0 Å². The summed E-state index contributed by atoms with van der Waals surface area (Å²) >= 11 is 3.70. The van der Waals surface area contributed by atoms with Crippen LogP contribution in [0.1, 0.15) is 58.1 Å². The van der Waals surface area contributed by atoms with E-state index in [1.165, 1.54) is 15.8 Å². The number of aromatic nitrogens is 1. The van der Waals surface area contributed by atoms with Gasteiger partial charge in [-0.05, 0) is 77.3 Å². The normalized spacial score (nSPS) is 31.4. The van der Waals surface area contributed by atoms with Gasteiger partial charge in [0, 0.05) is 36.0 Å². The van der Waals surface area contributed by atoms with Crippen molar-refractivity contribution in [3.05, 3.63) is 40.0 Å². The van der Waals surface area contributed by atoms with E-state index in [9.17, 15) is 27.9 Å². The third kappa shape index (κ3) is 5.69. The van der Waals surface area contributed by atoms with Gasteiger partial charge in [-0.25, -0.2) is 0 Å². The molecule has 0 spiro atoms. The number of nitrogens with one attached hydrogen (secondary N) is 2. The van der Waals surface area contributed by atoms with E-state index >= 15 is 0 Å². The first-order valence-electron chi connectivity index (χ1n) is 16.4. The maximum absolute atomic E-state index is 14.4. The summed E-state index contributed by atoms with van der Waals surface area (Å²) in [5.41, 5.74) is 2.68. The summed E-state index contributed by atoms with van der Waals surface area (Å²) < 4.78 is 33.3. The molecule has 2 unspecified atom stereocenters. The highest BCUT2D eigenvalue weighted by atomic mass is 79.9. The standard InChI is InChI=1S/C32H40BrN5O5.CH4O3S/c1-16(2)12-24-29(40)37-11-7-10-25(37)32(42)38(24)30(41)31(43-32,17(3)4)35-28(39)18-13-20-19-8-6-9-22-26(19)21(27(33)34-22)14-23(20)36(5)15-18;1-5(2,3)4/h6,8-9,13,16-18,23-25,34,42H,7,10-12,14-15H2,1-5H3,(H,35,39);1H3,(H,2,3,4)/t18?,23-,24+,25+,31?,32+;/m1./s1. The van der Waals surface area contributed by atoms with Crippen molar-refractivity contribution < 1.29 is 37.2 Å². The molecule has 3 saturated heterocycles. The van der Waals surface area contributed by atoms with Crippen LogP contribution in [0.15, 0.2) is 28.9 Å². The Balaban J connectivity index is 0.000000749. The van der Waals surface area contributed by atoms with E-state index in [1.807, 2.05) is 33.0 Å². The average Bonchev–Trinajstić information content (AvgIpc) is 3.66. The molecule has 0 bridgehead atoms. The maximum Gasteiger partial charge on any atom is 0.281 e. The Labute approximate surface area is 288 Å². The van der Waals surface area contributed by atoms with Gasteiger partial charge < -0.3 is 20.3 Å². The van der Waals surface area contributed by atoms with Crippen molar-refractivity contribution in [3.8, 4) is 0 Å². The summed E-state index contributed by atoms with van der Waals surface area (Å²) in [5.74, 6) is -4.01. The summed E-state index contributed by atoms with van der Waals surface area (Å²) in [5, 5.41) is 16.3. The predicted octanol–water partition coefficient (Wildman–Crippen LogP) is 2.70. The Bertz CT molecular complexity index is 1800. The number of hydrogen-bond donors (Lipinski definition) is 4. The van der Waals surface area contributed by atoms with Gasteiger partial charge in [0.2, 0.25) is 17.5 Å². The fourth-order valence-corrected chi connectivity index (χ4v) is 8.72. The molecule has 4 aliphatic heterocycles. The van der Waals surface area contributed by atoms with Crippen LogP contribution in [0, 0.1) is 17.8 Å². The number of hydrogen-bond acceptors (Lipinski definition) is 8. The molecule has 5 heterocycles. The fraction of sp³-hybridized carbons (Fsp3) is 0.606. The third-order valence-corrected chi connectivity index (χ3v) is 10.9. The van der Waals surface area contributed by atoms with Crippen LogP contribution in [-0.4, -0.2) is 112 Å². The number of likely N-dealkylation sites (N-methyl/N-ethyl adjacent to an activating group) is 1. The Morgan fingerprint density at radius 2 is 1.92 bits per heavy atom.